The standard InChI is InChI=1S/C12H8ClN3O/c13-10-4-2-1-3-9(10)12-14-11-7-8(17)5-6-16(11)15-12/h1-7H,(H,14,15). The van der Waals surface area contributed by atoms with E-state index in [0.717, 1.165) is 5.56 Å². The number of pyridine rings is 1. The van der Waals surface area contributed by atoms with Gasteiger partial charge in [0.1, 0.15) is 0 Å². The van der Waals surface area contributed by atoms with Gasteiger partial charge in [0.15, 0.2) is 16.9 Å². The summed E-state index contributed by atoms with van der Waals surface area (Å²) in [5.41, 5.74) is 1.32. The predicted octanol–water partition coefficient (Wildman–Crippen LogP) is 2.34. The van der Waals surface area contributed by atoms with Gasteiger partial charge >= 0.3 is 0 Å². The van der Waals surface area contributed by atoms with Crippen molar-refractivity contribution in [3.05, 3.63) is 57.8 Å². The zero-order chi connectivity index (χ0) is 11.8. The molecule has 0 saturated carbocycles. The van der Waals surface area contributed by atoms with Crippen LogP contribution >= 0.6 is 11.6 Å². The second kappa shape index (κ2) is 3.75. The summed E-state index contributed by atoms with van der Waals surface area (Å²) in [6.07, 6.45) is 1.64. The first-order valence-electron chi connectivity index (χ1n) is 5.07. The van der Waals surface area contributed by atoms with Crippen molar-refractivity contribution in [3.63, 3.8) is 0 Å². The molecule has 0 radical (unpaired) electrons. The summed E-state index contributed by atoms with van der Waals surface area (Å²) in [5, 5.41) is 3.68. The number of aromatic nitrogens is 3. The van der Waals surface area contributed by atoms with Crippen LogP contribution in [0.4, 0.5) is 0 Å². The van der Waals surface area contributed by atoms with Gasteiger partial charge in [0.25, 0.3) is 0 Å². The van der Waals surface area contributed by atoms with Gasteiger partial charge in [-0.25, -0.2) is 9.50 Å². The number of rotatable bonds is 1. The molecule has 2 heterocycles. The summed E-state index contributed by atoms with van der Waals surface area (Å²) in [7, 11) is 0. The molecule has 0 saturated heterocycles. The first-order valence-corrected chi connectivity index (χ1v) is 5.45. The molecule has 1 aromatic carbocycles. The molecule has 0 atom stereocenters. The molecule has 0 aliphatic carbocycles. The fourth-order valence-electron chi connectivity index (χ4n) is 1.68. The summed E-state index contributed by atoms with van der Waals surface area (Å²) < 4.78 is 1.68. The van der Waals surface area contributed by atoms with E-state index in [4.69, 9.17) is 11.6 Å². The molecule has 0 fully saturated rings. The maximum Gasteiger partial charge on any atom is 0.183 e. The van der Waals surface area contributed by atoms with Crippen molar-refractivity contribution in [1.82, 2.24) is 14.6 Å². The Morgan fingerprint density at radius 1 is 1.24 bits per heavy atom. The molecule has 0 amide bonds. The van der Waals surface area contributed by atoms with Crippen molar-refractivity contribution in [3.8, 4) is 11.4 Å². The number of hydrogen-bond acceptors (Lipinski definition) is 2. The van der Waals surface area contributed by atoms with Crippen LogP contribution < -0.4 is 5.43 Å². The summed E-state index contributed by atoms with van der Waals surface area (Å²) in [5.74, 6) is 0.640. The summed E-state index contributed by atoms with van der Waals surface area (Å²) in [6.45, 7) is 0. The smallest absolute Gasteiger partial charge is 0.183 e. The third-order valence-corrected chi connectivity index (χ3v) is 2.82. The highest BCUT2D eigenvalue weighted by atomic mass is 35.5. The molecular formula is C12H8ClN3O. The van der Waals surface area contributed by atoms with E-state index in [1.807, 2.05) is 18.2 Å². The SMILES string of the molecule is O=c1ccn2[nH]c(-c3ccccc3Cl)nc2c1. The van der Waals surface area contributed by atoms with Crippen LogP contribution in [0.5, 0.6) is 0 Å². The topological polar surface area (TPSA) is 50.2 Å². The van der Waals surface area contributed by atoms with Crippen molar-refractivity contribution < 1.29 is 0 Å². The van der Waals surface area contributed by atoms with Gasteiger partial charge in [0.2, 0.25) is 0 Å². The average Bonchev–Trinajstić information content (AvgIpc) is 2.72. The van der Waals surface area contributed by atoms with Crippen LogP contribution in [0.1, 0.15) is 0 Å². The average molecular weight is 246 g/mol. The molecule has 3 rings (SSSR count). The zero-order valence-electron chi connectivity index (χ0n) is 8.72. The van der Waals surface area contributed by atoms with E-state index in [2.05, 4.69) is 10.1 Å². The number of fused-ring (bicyclic) bond motifs is 1. The van der Waals surface area contributed by atoms with E-state index < -0.39 is 0 Å². The number of H-pyrrole nitrogens is 1. The van der Waals surface area contributed by atoms with Gasteiger partial charge in [-0.3, -0.25) is 9.89 Å². The molecule has 0 bridgehead atoms. The lowest BCUT2D eigenvalue weighted by atomic mass is 10.2. The van der Waals surface area contributed by atoms with Crippen molar-refractivity contribution >= 4 is 17.2 Å². The monoisotopic (exact) mass is 245 g/mol. The molecule has 0 aliphatic rings. The van der Waals surface area contributed by atoms with Crippen molar-refractivity contribution in [2.75, 3.05) is 0 Å². The Labute approximate surface area is 101 Å². The molecule has 4 nitrogen and oxygen atoms in total. The van der Waals surface area contributed by atoms with Crippen LogP contribution in [0.3, 0.4) is 0 Å². The van der Waals surface area contributed by atoms with Gasteiger partial charge in [-0.1, -0.05) is 23.7 Å². The second-order valence-corrected chi connectivity index (χ2v) is 4.05. The number of halogens is 1. The van der Waals surface area contributed by atoms with Crippen LogP contribution in [0.25, 0.3) is 17.0 Å². The Morgan fingerprint density at radius 3 is 2.88 bits per heavy atom. The van der Waals surface area contributed by atoms with Crippen LogP contribution in [0.15, 0.2) is 47.4 Å². The van der Waals surface area contributed by atoms with Crippen molar-refractivity contribution in [1.29, 1.82) is 0 Å². The fraction of sp³-hybridized carbons (Fsp3) is 0. The molecule has 0 aliphatic heterocycles. The highest BCUT2D eigenvalue weighted by Gasteiger charge is 2.07. The minimum Gasteiger partial charge on any atom is -0.290 e. The lowest BCUT2D eigenvalue weighted by Gasteiger charge is -1.97. The Kier molecular flexibility index (Phi) is 2.23. The Balaban J connectivity index is 2.25. The van der Waals surface area contributed by atoms with Gasteiger partial charge in [0, 0.05) is 23.9 Å². The van der Waals surface area contributed by atoms with Gasteiger partial charge in [-0.2, -0.15) is 0 Å². The number of benzene rings is 1. The predicted molar refractivity (Wildman–Crippen MR) is 66.3 cm³/mol. The Bertz CT molecular complexity index is 745. The van der Waals surface area contributed by atoms with Crippen LogP contribution in [0.2, 0.25) is 5.02 Å². The molecule has 1 N–H and O–H groups in total. The van der Waals surface area contributed by atoms with E-state index in [1.54, 1.807) is 16.8 Å². The molecule has 5 heteroatoms. The molecular weight excluding hydrogens is 238 g/mol. The lowest BCUT2D eigenvalue weighted by Crippen LogP contribution is -1.98. The molecule has 2 aromatic heterocycles. The van der Waals surface area contributed by atoms with E-state index in [0.29, 0.717) is 16.5 Å². The Morgan fingerprint density at radius 2 is 2.06 bits per heavy atom. The highest BCUT2D eigenvalue weighted by molar-refractivity contribution is 6.33. The largest absolute Gasteiger partial charge is 0.290 e. The molecule has 3 aromatic rings. The molecule has 0 spiro atoms. The van der Waals surface area contributed by atoms with Crippen LogP contribution in [-0.4, -0.2) is 14.6 Å². The van der Waals surface area contributed by atoms with Gasteiger partial charge in [0.05, 0.1) is 5.02 Å². The summed E-state index contributed by atoms with van der Waals surface area (Å²) in [4.78, 5) is 15.5. The fourth-order valence-corrected chi connectivity index (χ4v) is 1.90. The zero-order valence-corrected chi connectivity index (χ0v) is 9.48. The van der Waals surface area contributed by atoms with Gasteiger partial charge < -0.3 is 0 Å². The van der Waals surface area contributed by atoms with Crippen molar-refractivity contribution in [2.45, 2.75) is 0 Å². The van der Waals surface area contributed by atoms with E-state index in [1.165, 1.54) is 12.1 Å². The number of nitrogens with one attached hydrogen (secondary N) is 1. The highest BCUT2D eigenvalue weighted by Crippen LogP contribution is 2.24. The molecule has 17 heavy (non-hydrogen) atoms. The number of nitrogens with zero attached hydrogens (tertiary/aromatic N) is 2. The molecule has 0 unspecified atom stereocenters. The number of hydrogen-bond donors (Lipinski definition) is 1. The minimum atomic E-state index is -0.0674. The van der Waals surface area contributed by atoms with Crippen LogP contribution in [-0.2, 0) is 0 Å². The van der Waals surface area contributed by atoms with E-state index in [-0.39, 0.29) is 5.43 Å². The summed E-state index contributed by atoms with van der Waals surface area (Å²) >= 11 is 6.09. The van der Waals surface area contributed by atoms with Crippen molar-refractivity contribution in [2.24, 2.45) is 0 Å². The van der Waals surface area contributed by atoms with Crippen LogP contribution in [0, 0.1) is 0 Å². The maximum atomic E-state index is 11.2. The van der Waals surface area contributed by atoms with Gasteiger partial charge in [-0.15, -0.1) is 0 Å². The Hall–Kier alpha value is -2.07. The molecule has 84 valence electrons. The van der Waals surface area contributed by atoms with Gasteiger partial charge in [-0.05, 0) is 12.1 Å². The minimum absolute atomic E-state index is 0.0674. The first kappa shape index (κ1) is 10.1. The quantitative estimate of drug-likeness (QED) is 0.715. The first-order chi connectivity index (χ1) is 8.24. The van der Waals surface area contributed by atoms with E-state index >= 15 is 0 Å². The lowest BCUT2D eigenvalue weighted by molar-refractivity contribution is 0.963. The maximum absolute atomic E-state index is 11.2. The normalized spacial score (nSPS) is 10.9. The second-order valence-electron chi connectivity index (χ2n) is 3.64. The third kappa shape index (κ3) is 1.72. The third-order valence-electron chi connectivity index (χ3n) is 2.49. The van der Waals surface area contributed by atoms with E-state index in [9.17, 15) is 4.79 Å². The number of aromatic amines is 1. The summed E-state index contributed by atoms with van der Waals surface area (Å²) in [6, 6.07) is 10.4.